The molecule has 1 saturated carbocycles. The Morgan fingerprint density at radius 2 is 2.14 bits per heavy atom. The van der Waals surface area contributed by atoms with Crippen LogP contribution in [-0.2, 0) is 14.3 Å². The Bertz CT molecular complexity index is 735. The zero-order valence-electron chi connectivity index (χ0n) is 16.6. The number of hydrogen-bond donors (Lipinski definition) is 3. The minimum absolute atomic E-state index is 0.119. The highest BCUT2D eigenvalue weighted by molar-refractivity contribution is 6.47. The quantitative estimate of drug-likeness (QED) is 0.517. The van der Waals surface area contributed by atoms with Crippen molar-refractivity contribution < 1.29 is 24.5 Å². The summed E-state index contributed by atoms with van der Waals surface area (Å²) in [5, 5.41) is 20.9. The van der Waals surface area contributed by atoms with Gasteiger partial charge in [0.1, 0.15) is 43.6 Å². The van der Waals surface area contributed by atoms with Crippen LogP contribution in [0.15, 0.2) is 15.0 Å². The summed E-state index contributed by atoms with van der Waals surface area (Å²) in [5.74, 6) is 0.369. The van der Waals surface area contributed by atoms with Gasteiger partial charge in [0.05, 0.1) is 0 Å². The molecule has 29 heavy (non-hydrogen) atoms. The van der Waals surface area contributed by atoms with Crippen molar-refractivity contribution in [3.63, 3.8) is 0 Å². The summed E-state index contributed by atoms with van der Waals surface area (Å²) in [4.78, 5) is 26.7. The maximum absolute atomic E-state index is 11.6. The van der Waals surface area contributed by atoms with E-state index < -0.39 is 30.2 Å². The van der Waals surface area contributed by atoms with E-state index in [-0.39, 0.29) is 25.2 Å². The molecule has 4 rings (SSSR count). The second-order valence-electron chi connectivity index (χ2n) is 8.10. The van der Waals surface area contributed by atoms with E-state index in [0.29, 0.717) is 24.4 Å². The zero-order chi connectivity index (χ0) is 20.6. The van der Waals surface area contributed by atoms with Crippen LogP contribution in [-0.4, -0.2) is 82.4 Å². The lowest BCUT2D eigenvalue weighted by Gasteiger charge is -2.35. The highest BCUT2D eigenvalue weighted by atomic mass is 16.6. The van der Waals surface area contributed by atoms with Crippen LogP contribution in [0.5, 0.6) is 0 Å². The number of aliphatic hydroxyl groups is 2. The molecule has 3 aliphatic heterocycles. The van der Waals surface area contributed by atoms with Crippen molar-refractivity contribution >= 4 is 23.9 Å². The number of ether oxygens (including phenoxy) is 2. The van der Waals surface area contributed by atoms with Crippen LogP contribution in [0.1, 0.15) is 45.4 Å². The number of aliphatic imine (C=N–C) groups is 3. The van der Waals surface area contributed by atoms with E-state index >= 15 is 0 Å². The summed E-state index contributed by atoms with van der Waals surface area (Å²) in [5.41, 5.74) is 6.35. The molecular weight excluding hydrogens is 378 g/mol. The van der Waals surface area contributed by atoms with Crippen LogP contribution in [0.2, 0.25) is 0 Å². The molecule has 0 aromatic rings. The smallest absolute Gasteiger partial charge is 0.305 e. The van der Waals surface area contributed by atoms with Crippen molar-refractivity contribution in [3.8, 4) is 0 Å². The van der Waals surface area contributed by atoms with Crippen molar-refractivity contribution in [1.29, 1.82) is 0 Å². The van der Waals surface area contributed by atoms with Gasteiger partial charge in [0.25, 0.3) is 0 Å². The minimum atomic E-state index is -1.19. The number of carbonyl (C=O) groups is 1. The van der Waals surface area contributed by atoms with Gasteiger partial charge in [-0.2, -0.15) is 0 Å². The van der Waals surface area contributed by atoms with E-state index in [1.54, 1.807) is 4.90 Å². The Labute approximate surface area is 169 Å². The third kappa shape index (κ3) is 3.58. The first-order valence-electron chi connectivity index (χ1n) is 10.3. The average molecular weight is 407 g/mol. The average Bonchev–Trinajstić information content (AvgIpc) is 3.43. The second-order valence-corrected chi connectivity index (χ2v) is 8.10. The van der Waals surface area contributed by atoms with E-state index in [9.17, 15) is 15.0 Å². The SMILES string of the molecule is CCCC(=O)OC[C@H]1O[C@@H](N2CN=C3C2=NC=NC3(N)C2CCCC2)[C@H](O)[C@@H]1O. The maximum atomic E-state index is 11.6. The third-order valence-corrected chi connectivity index (χ3v) is 6.18. The molecule has 4 aliphatic rings. The molecular formula is C19H29N5O5. The van der Waals surface area contributed by atoms with Crippen LogP contribution in [0.3, 0.4) is 0 Å². The fourth-order valence-electron chi connectivity index (χ4n) is 4.54. The van der Waals surface area contributed by atoms with Gasteiger partial charge >= 0.3 is 5.97 Å². The molecule has 1 aliphatic carbocycles. The van der Waals surface area contributed by atoms with Gasteiger partial charge in [-0.15, -0.1) is 0 Å². The first kappa shape index (κ1) is 20.4. The van der Waals surface area contributed by atoms with E-state index in [1.807, 2.05) is 6.92 Å². The normalized spacial score (nSPS) is 36.9. The summed E-state index contributed by atoms with van der Waals surface area (Å²) in [6, 6.07) is 0. The Hall–Kier alpha value is -1.88. The molecule has 2 fully saturated rings. The summed E-state index contributed by atoms with van der Waals surface area (Å²) in [6.45, 7) is 1.97. The van der Waals surface area contributed by atoms with E-state index in [0.717, 1.165) is 25.7 Å². The van der Waals surface area contributed by atoms with Gasteiger partial charge in [-0.25, -0.2) is 9.98 Å². The molecule has 10 heteroatoms. The molecule has 5 atom stereocenters. The monoisotopic (exact) mass is 407 g/mol. The molecule has 10 nitrogen and oxygen atoms in total. The summed E-state index contributed by atoms with van der Waals surface area (Å²) >= 11 is 0. The standard InChI is InChI=1S/C19H29N5O5/c1-2-5-13(25)28-8-12-14(26)15(27)18(29-12)24-10-22-16-17(24)21-9-23-19(16,20)11-6-3-4-7-11/h9,11-12,14-15,18,26-27H,2-8,10,20H2,1H3/t12-,14-,15-,18-,19?/m1/s1. The van der Waals surface area contributed by atoms with Crippen LogP contribution in [0.4, 0.5) is 0 Å². The molecule has 0 bridgehead atoms. The van der Waals surface area contributed by atoms with E-state index in [1.165, 1.54) is 6.34 Å². The first-order valence-corrected chi connectivity index (χ1v) is 10.3. The Morgan fingerprint density at radius 3 is 2.86 bits per heavy atom. The molecule has 1 saturated heterocycles. The second kappa shape index (κ2) is 8.10. The lowest BCUT2D eigenvalue weighted by Crippen LogP contribution is -2.58. The number of aliphatic hydroxyl groups excluding tert-OH is 2. The van der Waals surface area contributed by atoms with E-state index in [4.69, 9.17) is 15.2 Å². The van der Waals surface area contributed by atoms with Crippen molar-refractivity contribution in [1.82, 2.24) is 4.90 Å². The molecule has 0 aromatic heterocycles. The summed E-state index contributed by atoms with van der Waals surface area (Å²) in [6.07, 6.45) is 2.59. The fraction of sp³-hybridized carbons (Fsp3) is 0.789. The van der Waals surface area contributed by atoms with Crippen LogP contribution < -0.4 is 5.73 Å². The Kier molecular flexibility index (Phi) is 5.69. The van der Waals surface area contributed by atoms with Gasteiger partial charge in [-0.1, -0.05) is 19.8 Å². The maximum Gasteiger partial charge on any atom is 0.305 e. The van der Waals surface area contributed by atoms with Crippen LogP contribution >= 0.6 is 0 Å². The van der Waals surface area contributed by atoms with Crippen molar-refractivity contribution in [2.75, 3.05) is 13.3 Å². The van der Waals surface area contributed by atoms with E-state index in [2.05, 4.69) is 15.0 Å². The summed E-state index contributed by atoms with van der Waals surface area (Å²) in [7, 11) is 0. The highest BCUT2D eigenvalue weighted by Crippen LogP contribution is 2.38. The van der Waals surface area contributed by atoms with Crippen molar-refractivity contribution in [2.24, 2.45) is 26.6 Å². The topological polar surface area (TPSA) is 142 Å². The number of esters is 1. The largest absolute Gasteiger partial charge is 0.463 e. The van der Waals surface area contributed by atoms with Crippen LogP contribution in [0.25, 0.3) is 0 Å². The minimum Gasteiger partial charge on any atom is -0.463 e. The Morgan fingerprint density at radius 1 is 1.38 bits per heavy atom. The number of hydrogen-bond acceptors (Lipinski definition) is 10. The van der Waals surface area contributed by atoms with Gasteiger partial charge in [-0.3, -0.25) is 9.79 Å². The number of fused-ring (bicyclic) bond motifs is 1. The van der Waals surface area contributed by atoms with Gasteiger partial charge < -0.3 is 30.3 Å². The van der Waals surface area contributed by atoms with Crippen LogP contribution in [0, 0.1) is 5.92 Å². The van der Waals surface area contributed by atoms with Crippen molar-refractivity contribution in [3.05, 3.63) is 0 Å². The van der Waals surface area contributed by atoms with Gasteiger partial charge in [0.15, 0.2) is 17.7 Å². The molecule has 3 heterocycles. The predicted octanol–water partition coefficient (Wildman–Crippen LogP) is -0.224. The molecule has 1 unspecified atom stereocenters. The molecule has 0 amide bonds. The van der Waals surface area contributed by atoms with Gasteiger partial charge in [0.2, 0.25) is 0 Å². The first-order chi connectivity index (χ1) is 14.0. The number of carbonyl (C=O) groups excluding carboxylic acids is 1. The molecule has 0 spiro atoms. The Balaban J connectivity index is 1.45. The predicted molar refractivity (Wildman–Crippen MR) is 105 cm³/mol. The van der Waals surface area contributed by atoms with Gasteiger partial charge in [-0.05, 0) is 19.3 Å². The van der Waals surface area contributed by atoms with Gasteiger partial charge in [0, 0.05) is 12.3 Å². The number of rotatable bonds is 6. The number of nitrogens with zero attached hydrogens (tertiary/aromatic N) is 4. The molecule has 160 valence electrons. The summed E-state index contributed by atoms with van der Waals surface area (Å²) < 4.78 is 11.0. The number of amidine groups is 1. The zero-order valence-corrected chi connectivity index (χ0v) is 16.6. The molecule has 4 N–H and O–H groups in total. The number of nitrogens with two attached hydrogens (primary N) is 1. The lowest BCUT2D eigenvalue weighted by atomic mass is 9.86. The highest BCUT2D eigenvalue weighted by Gasteiger charge is 2.52. The molecule has 0 aromatic carbocycles. The fourth-order valence-corrected chi connectivity index (χ4v) is 4.54. The third-order valence-electron chi connectivity index (χ3n) is 6.18. The van der Waals surface area contributed by atoms with Crippen molar-refractivity contribution in [2.45, 2.75) is 75.7 Å². The lowest BCUT2D eigenvalue weighted by molar-refractivity contribution is -0.150. The molecule has 0 radical (unpaired) electrons.